The normalized spacial score (nSPS) is 19.4. The van der Waals surface area contributed by atoms with Gasteiger partial charge in [0.2, 0.25) is 29.5 Å². The lowest BCUT2D eigenvalue weighted by Crippen LogP contribution is -2.54. The summed E-state index contributed by atoms with van der Waals surface area (Å²) < 4.78 is 0. The van der Waals surface area contributed by atoms with E-state index in [4.69, 9.17) is 11.5 Å². The first-order valence-corrected chi connectivity index (χ1v) is 15.9. The largest absolute Gasteiger partial charge is 0.399 e. The molecule has 2 heterocycles. The van der Waals surface area contributed by atoms with Crippen LogP contribution in [0, 0.1) is 5.92 Å². The molecule has 48 heavy (non-hydrogen) atoms. The molecule has 264 valence electrons. The van der Waals surface area contributed by atoms with Gasteiger partial charge in [0.1, 0.15) is 12.1 Å². The Bertz CT molecular complexity index is 1420. The fraction of sp³-hybridized carbons (Fsp3) is 0.581. The van der Waals surface area contributed by atoms with Crippen LogP contribution in [0.3, 0.4) is 0 Å². The molecule has 0 spiro atoms. The standard InChI is InChI=1S/C31H48N10O7/c1-16(2)25(38-28(45)18(4)35-6)31(48)40-8-7-39(15-40)30(47)20-9-19(10-21(32)11-20)29(46)37-22-12-23(26(33)43)41(14-22)24(42)13-36-27(44)17(3)34-5/h9-11,16-18,22-23,25,34-35H,7-8,12-15,32H2,1-6H3,(H2,33,43)(H,36,44)(H,37,46)(H,38,45)/t17?,18-,22?,23?,25?/m0/s1. The number of nitrogens with zero attached hydrogens (tertiary/aromatic N) is 3. The van der Waals surface area contributed by atoms with Gasteiger partial charge in [-0.2, -0.15) is 0 Å². The third-order valence-corrected chi connectivity index (χ3v) is 8.63. The van der Waals surface area contributed by atoms with Gasteiger partial charge in [0.05, 0.1) is 25.3 Å². The summed E-state index contributed by atoms with van der Waals surface area (Å²) in [6.45, 7) is 7.08. The number of nitrogens with one attached hydrogen (secondary N) is 5. The zero-order chi connectivity index (χ0) is 35.9. The fourth-order valence-corrected chi connectivity index (χ4v) is 5.45. The lowest BCUT2D eigenvalue weighted by molar-refractivity contribution is -0.137. The number of benzene rings is 1. The molecule has 0 aromatic heterocycles. The van der Waals surface area contributed by atoms with Gasteiger partial charge in [0.25, 0.3) is 11.8 Å². The molecule has 3 rings (SSSR count). The van der Waals surface area contributed by atoms with Gasteiger partial charge in [-0.25, -0.2) is 0 Å². The highest BCUT2D eigenvalue weighted by Gasteiger charge is 2.40. The van der Waals surface area contributed by atoms with Crippen molar-refractivity contribution in [2.75, 3.05) is 52.7 Å². The Labute approximate surface area is 279 Å². The second-order valence-corrected chi connectivity index (χ2v) is 12.5. The highest BCUT2D eigenvalue weighted by molar-refractivity contribution is 6.01. The molecule has 17 heteroatoms. The summed E-state index contributed by atoms with van der Waals surface area (Å²) in [6, 6.07) is 0.792. The van der Waals surface area contributed by atoms with Gasteiger partial charge in [0.15, 0.2) is 0 Å². The van der Waals surface area contributed by atoms with Crippen LogP contribution in [0.5, 0.6) is 0 Å². The van der Waals surface area contributed by atoms with Crippen molar-refractivity contribution in [2.45, 2.75) is 64.3 Å². The van der Waals surface area contributed by atoms with Crippen molar-refractivity contribution in [1.29, 1.82) is 0 Å². The Morgan fingerprint density at radius 2 is 1.48 bits per heavy atom. The van der Waals surface area contributed by atoms with Crippen molar-refractivity contribution in [3.63, 3.8) is 0 Å². The minimum absolute atomic E-state index is 0.0105. The fourth-order valence-electron chi connectivity index (χ4n) is 5.45. The molecule has 2 aliphatic heterocycles. The number of rotatable bonds is 13. The lowest BCUT2D eigenvalue weighted by Gasteiger charge is -2.28. The Morgan fingerprint density at radius 3 is 2.08 bits per heavy atom. The molecular formula is C31H48N10O7. The predicted molar refractivity (Wildman–Crippen MR) is 176 cm³/mol. The van der Waals surface area contributed by atoms with E-state index in [0.717, 1.165) is 0 Å². The topological polar surface area (TPSA) is 241 Å². The molecule has 1 aromatic carbocycles. The van der Waals surface area contributed by atoms with Crippen molar-refractivity contribution >= 4 is 47.0 Å². The minimum atomic E-state index is -0.990. The number of nitrogens with two attached hydrogens (primary N) is 2. The van der Waals surface area contributed by atoms with Crippen LogP contribution in [-0.4, -0.2) is 133 Å². The van der Waals surface area contributed by atoms with E-state index >= 15 is 0 Å². The number of nitrogen functional groups attached to an aromatic ring is 1. The molecule has 1 aromatic rings. The summed E-state index contributed by atoms with van der Waals surface area (Å²) in [5.74, 6) is -3.52. The van der Waals surface area contributed by atoms with Crippen molar-refractivity contribution in [1.82, 2.24) is 41.3 Å². The highest BCUT2D eigenvalue weighted by atomic mass is 16.2. The van der Waals surface area contributed by atoms with Gasteiger partial charge >= 0.3 is 0 Å². The first kappa shape index (κ1) is 37.7. The number of amides is 7. The predicted octanol–water partition coefficient (Wildman–Crippen LogP) is -2.83. The van der Waals surface area contributed by atoms with Crippen molar-refractivity contribution in [3.8, 4) is 0 Å². The smallest absolute Gasteiger partial charge is 0.255 e. The molecule has 2 aliphatic rings. The van der Waals surface area contributed by atoms with E-state index in [1.165, 1.54) is 32.9 Å². The van der Waals surface area contributed by atoms with E-state index in [0.29, 0.717) is 0 Å². The van der Waals surface area contributed by atoms with E-state index in [1.54, 1.807) is 27.9 Å². The summed E-state index contributed by atoms with van der Waals surface area (Å²) in [6.07, 6.45) is 0.0606. The number of carbonyl (C=O) groups excluding carboxylic acids is 7. The number of likely N-dealkylation sites (N-methyl/N-ethyl adjacent to an activating group) is 2. The number of primary amides is 1. The number of carbonyl (C=O) groups is 7. The summed E-state index contributed by atoms with van der Waals surface area (Å²) in [7, 11) is 3.25. The van der Waals surface area contributed by atoms with Crippen LogP contribution in [0.1, 0.15) is 54.8 Å². The van der Waals surface area contributed by atoms with Gasteiger partial charge in [-0.3, -0.25) is 33.6 Å². The van der Waals surface area contributed by atoms with E-state index in [9.17, 15) is 33.6 Å². The second-order valence-electron chi connectivity index (χ2n) is 12.5. The molecule has 0 radical (unpaired) electrons. The first-order chi connectivity index (χ1) is 22.6. The monoisotopic (exact) mass is 672 g/mol. The first-order valence-electron chi connectivity index (χ1n) is 15.9. The van der Waals surface area contributed by atoms with Crippen molar-refractivity contribution in [3.05, 3.63) is 29.3 Å². The molecule has 2 saturated heterocycles. The summed E-state index contributed by atoms with van der Waals surface area (Å²) in [5.41, 5.74) is 12.0. The molecule has 0 bridgehead atoms. The summed E-state index contributed by atoms with van der Waals surface area (Å²) in [5, 5.41) is 13.7. The quantitative estimate of drug-likeness (QED) is 0.106. The third-order valence-electron chi connectivity index (χ3n) is 8.63. The van der Waals surface area contributed by atoms with Crippen LogP contribution in [0.2, 0.25) is 0 Å². The van der Waals surface area contributed by atoms with E-state index in [-0.39, 0.29) is 73.8 Å². The van der Waals surface area contributed by atoms with E-state index < -0.39 is 59.7 Å². The second kappa shape index (κ2) is 16.4. The van der Waals surface area contributed by atoms with Crippen LogP contribution in [0.4, 0.5) is 5.69 Å². The Hall–Kier alpha value is -4.77. The molecule has 0 aliphatic carbocycles. The van der Waals surface area contributed by atoms with Crippen molar-refractivity contribution in [2.24, 2.45) is 11.7 Å². The van der Waals surface area contributed by atoms with Crippen LogP contribution < -0.4 is 38.1 Å². The van der Waals surface area contributed by atoms with Crippen LogP contribution >= 0.6 is 0 Å². The molecule has 7 amide bonds. The van der Waals surface area contributed by atoms with Crippen LogP contribution in [-0.2, 0) is 24.0 Å². The molecule has 2 fully saturated rings. The minimum Gasteiger partial charge on any atom is -0.399 e. The summed E-state index contributed by atoms with van der Waals surface area (Å²) in [4.78, 5) is 93.8. The van der Waals surface area contributed by atoms with Crippen LogP contribution in [0.25, 0.3) is 0 Å². The molecule has 0 saturated carbocycles. The molecular weight excluding hydrogens is 624 g/mol. The average Bonchev–Trinajstić information content (AvgIpc) is 3.72. The molecule has 9 N–H and O–H groups in total. The number of hydrogen-bond donors (Lipinski definition) is 7. The number of anilines is 1. The maximum atomic E-state index is 13.5. The molecule has 5 atom stereocenters. The molecule has 4 unspecified atom stereocenters. The lowest BCUT2D eigenvalue weighted by atomic mass is 10.0. The average molecular weight is 673 g/mol. The molecule has 17 nitrogen and oxygen atoms in total. The van der Waals surface area contributed by atoms with Gasteiger partial charge in [-0.15, -0.1) is 0 Å². The Balaban J connectivity index is 1.66. The third kappa shape index (κ3) is 9.19. The summed E-state index contributed by atoms with van der Waals surface area (Å²) >= 11 is 0. The maximum absolute atomic E-state index is 13.5. The van der Waals surface area contributed by atoms with Gasteiger partial charge in [0, 0.05) is 42.5 Å². The highest BCUT2D eigenvalue weighted by Crippen LogP contribution is 2.21. The van der Waals surface area contributed by atoms with Crippen molar-refractivity contribution < 1.29 is 33.6 Å². The van der Waals surface area contributed by atoms with Gasteiger partial charge in [-0.05, 0) is 58.5 Å². The number of hydrogen-bond acceptors (Lipinski definition) is 10. The number of likely N-dealkylation sites (tertiary alicyclic amines) is 1. The Morgan fingerprint density at radius 1 is 0.875 bits per heavy atom. The van der Waals surface area contributed by atoms with E-state index in [2.05, 4.69) is 26.6 Å². The van der Waals surface area contributed by atoms with Crippen LogP contribution in [0.15, 0.2) is 18.2 Å². The van der Waals surface area contributed by atoms with Gasteiger partial charge in [-0.1, -0.05) is 13.8 Å². The van der Waals surface area contributed by atoms with E-state index in [1.807, 2.05) is 13.8 Å². The van der Waals surface area contributed by atoms with Gasteiger partial charge < -0.3 is 52.8 Å². The zero-order valence-corrected chi connectivity index (χ0v) is 28.3. The Kier molecular flexibility index (Phi) is 12.8. The SMILES string of the molecule is CNC(C)C(=O)NCC(=O)N1CC(NC(=O)c2cc(N)cc(C(=O)N3CCN(C(=O)C(NC(=O)[C@H](C)NC)C(C)C)C3)c2)CC1C(N)=O. The zero-order valence-electron chi connectivity index (χ0n) is 28.3. The maximum Gasteiger partial charge on any atom is 0.255 e.